The Morgan fingerprint density at radius 1 is 1.36 bits per heavy atom. The van der Waals surface area contributed by atoms with Crippen LogP contribution in [0, 0.1) is 0 Å². The zero-order chi connectivity index (χ0) is 10.1. The van der Waals surface area contributed by atoms with E-state index in [1.165, 1.54) is 0 Å². The molecule has 1 aromatic heterocycles. The van der Waals surface area contributed by atoms with Gasteiger partial charge in [-0.15, -0.1) is 0 Å². The molecule has 0 saturated carbocycles. The van der Waals surface area contributed by atoms with E-state index in [1.54, 1.807) is 0 Å². The predicted octanol–water partition coefficient (Wildman–Crippen LogP) is 0.575. The molecule has 3 N–H and O–H groups in total. The second kappa shape index (κ2) is 3.62. The summed E-state index contributed by atoms with van der Waals surface area (Å²) in [6.45, 7) is 0. The highest BCUT2D eigenvalue weighted by molar-refractivity contribution is 7.98. The molecule has 0 radical (unpaired) electrons. The van der Waals surface area contributed by atoms with Gasteiger partial charge in [-0.3, -0.25) is 0 Å². The number of hydrazine groups is 1. The SMILES string of the molecule is CN(C)c1nc2c(c(NN)n1)CSC2. The van der Waals surface area contributed by atoms with Crippen molar-refractivity contribution in [2.45, 2.75) is 11.5 Å². The van der Waals surface area contributed by atoms with Gasteiger partial charge in [-0.1, -0.05) is 0 Å². The molecule has 0 saturated heterocycles. The maximum absolute atomic E-state index is 5.42. The Balaban J connectivity index is 2.49. The third-order valence-electron chi connectivity index (χ3n) is 2.10. The molecule has 6 heteroatoms. The van der Waals surface area contributed by atoms with Gasteiger partial charge in [0.1, 0.15) is 5.82 Å². The van der Waals surface area contributed by atoms with Crippen LogP contribution in [0.25, 0.3) is 0 Å². The van der Waals surface area contributed by atoms with Gasteiger partial charge in [-0.2, -0.15) is 16.7 Å². The van der Waals surface area contributed by atoms with Crippen LogP contribution in [0.3, 0.4) is 0 Å². The van der Waals surface area contributed by atoms with Crippen molar-refractivity contribution in [1.82, 2.24) is 9.97 Å². The molecule has 0 unspecified atom stereocenters. The minimum atomic E-state index is 0.708. The molecular formula is C8H13N5S. The fourth-order valence-electron chi connectivity index (χ4n) is 1.36. The molecular weight excluding hydrogens is 198 g/mol. The highest BCUT2D eigenvalue weighted by Crippen LogP contribution is 2.33. The van der Waals surface area contributed by atoms with E-state index in [9.17, 15) is 0 Å². The molecule has 0 bridgehead atoms. The Morgan fingerprint density at radius 2 is 2.14 bits per heavy atom. The lowest BCUT2D eigenvalue weighted by Gasteiger charge is -2.13. The topological polar surface area (TPSA) is 67.1 Å². The van der Waals surface area contributed by atoms with Crippen molar-refractivity contribution in [3.8, 4) is 0 Å². The van der Waals surface area contributed by atoms with Crippen molar-refractivity contribution in [2.75, 3.05) is 24.4 Å². The third kappa shape index (κ3) is 1.51. The molecule has 1 aliphatic rings. The third-order valence-corrected chi connectivity index (χ3v) is 3.07. The van der Waals surface area contributed by atoms with Gasteiger partial charge in [-0.25, -0.2) is 10.8 Å². The van der Waals surface area contributed by atoms with Crippen molar-refractivity contribution >= 4 is 23.5 Å². The molecule has 5 nitrogen and oxygen atoms in total. The van der Waals surface area contributed by atoms with E-state index in [-0.39, 0.29) is 0 Å². The van der Waals surface area contributed by atoms with Crippen molar-refractivity contribution in [3.63, 3.8) is 0 Å². The number of rotatable bonds is 2. The maximum Gasteiger partial charge on any atom is 0.227 e. The first-order chi connectivity index (χ1) is 6.72. The highest BCUT2D eigenvalue weighted by Gasteiger charge is 2.19. The van der Waals surface area contributed by atoms with Gasteiger partial charge in [0.05, 0.1) is 5.69 Å². The number of fused-ring (bicyclic) bond motifs is 1. The molecule has 0 atom stereocenters. The average molecular weight is 211 g/mol. The predicted molar refractivity (Wildman–Crippen MR) is 59.2 cm³/mol. The first-order valence-corrected chi connectivity index (χ1v) is 5.49. The first-order valence-electron chi connectivity index (χ1n) is 4.34. The molecule has 14 heavy (non-hydrogen) atoms. The summed E-state index contributed by atoms with van der Waals surface area (Å²) in [7, 11) is 3.84. The summed E-state index contributed by atoms with van der Waals surface area (Å²) in [6, 6.07) is 0. The monoisotopic (exact) mass is 211 g/mol. The number of anilines is 2. The van der Waals surface area contributed by atoms with Crippen molar-refractivity contribution in [1.29, 1.82) is 0 Å². The number of nitrogen functional groups attached to an aromatic ring is 1. The lowest BCUT2D eigenvalue weighted by Crippen LogP contribution is -2.18. The molecule has 0 spiro atoms. The molecule has 0 amide bonds. The number of thioether (sulfide) groups is 1. The van der Waals surface area contributed by atoms with Gasteiger partial charge in [0.2, 0.25) is 5.95 Å². The van der Waals surface area contributed by atoms with Crippen molar-refractivity contribution < 1.29 is 0 Å². The normalized spacial score (nSPS) is 13.9. The van der Waals surface area contributed by atoms with E-state index in [0.29, 0.717) is 5.95 Å². The van der Waals surface area contributed by atoms with Gasteiger partial charge in [0, 0.05) is 31.2 Å². The number of nitrogens with one attached hydrogen (secondary N) is 1. The van der Waals surface area contributed by atoms with Crippen LogP contribution in [-0.4, -0.2) is 24.1 Å². The van der Waals surface area contributed by atoms with Gasteiger partial charge < -0.3 is 10.3 Å². The first kappa shape index (κ1) is 9.54. The summed E-state index contributed by atoms with van der Waals surface area (Å²) in [4.78, 5) is 10.7. The van der Waals surface area contributed by atoms with Gasteiger partial charge >= 0.3 is 0 Å². The summed E-state index contributed by atoms with van der Waals surface area (Å²) in [6.07, 6.45) is 0. The van der Waals surface area contributed by atoms with Crippen molar-refractivity contribution in [3.05, 3.63) is 11.3 Å². The molecule has 0 fully saturated rings. The van der Waals surface area contributed by atoms with Crippen LogP contribution in [-0.2, 0) is 11.5 Å². The fourth-order valence-corrected chi connectivity index (χ4v) is 2.40. The summed E-state index contributed by atoms with van der Waals surface area (Å²) in [5.74, 6) is 8.78. The Hall–Kier alpha value is -1.01. The van der Waals surface area contributed by atoms with Crippen LogP contribution in [0.15, 0.2) is 0 Å². The maximum atomic E-state index is 5.42. The number of nitrogens with zero attached hydrogens (tertiary/aromatic N) is 3. The number of hydrogen-bond donors (Lipinski definition) is 2. The van der Waals surface area contributed by atoms with Crippen LogP contribution in [0.2, 0.25) is 0 Å². The second-order valence-corrected chi connectivity index (χ2v) is 4.31. The van der Waals surface area contributed by atoms with Gasteiger partial charge in [-0.05, 0) is 0 Å². The average Bonchev–Trinajstić information content (AvgIpc) is 2.63. The molecule has 0 aromatic carbocycles. The van der Waals surface area contributed by atoms with E-state index in [2.05, 4.69) is 15.4 Å². The van der Waals surface area contributed by atoms with Crippen LogP contribution in [0.4, 0.5) is 11.8 Å². The zero-order valence-electron chi connectivity index (χ0n) is 8.24. The molecule has 0 aliphatic carbocycles. The number of nitrogens with two attached hydrogens (primary N) is 1. The Kier molecular flexibility index (Phi) is 2.47. The van der Waals surface area contributed by atoms with E-state index in [4.69, 9.17) is 5.84 Å². The molecule has 1 aliphatic heterocycles. The van der Waals surface area contributed by atoms with Crippen molar-refractivity contribution in [2.24, 2.45) is 5.84 Å². The Morgan fingerprint density at radius 3 is 2.79 bits per heavy atom. The summed E-state index contributed by atoms with van der Waals surface area (Å²) >= 11 is 1.84. The Bertz CT molecular complexity index is 352. The highest BCUT2D eigenvalue weighted by atomic mass is 32.2. The van der Waals surface area contributed by atoms with E-state index in [1.807, 2.05) is 30.8 Å². The molecule has 2 heterocycles. The van der Waals surface area contributed by atoms with Crippen LogP contribution in [0.5, 0.6) is 0 Å². The quantitative estimate of drug-likeness (QED) is 0.551. The van der Waals surface area contributed by atoms with Gasteiger partial charge in [0.15, 0.2) is 0 Å². The zero-order valence-corrected chi connectivity index (χ0v) is 9.06. The molecule has 1 aromatic rings. The fraction of sp³-hybridized carbons (Fsp3) is 0.500. The van der Waals surface area contributed by atoms with Crippen LogP contribution >= 0.6 is 11.8 Å². The molecule has 76 valence electrons. The van der Waals surface area contributed by atoms with Crippen LogP contribution < -0.4 is 16.2 Å². The summed E-state index contributed by atoms with van der Waals surface area (Å²) in [5, 5.41) is 0. The van der Waals surface area contributed by atoms with E-state index < -0.39 is 0 Å². The van der Waals surface area contributed by atoms with E-state index in [0.717, 1.165) is 28.6 Å². The Labute approximate surface area is 87.1 Å². The standard InChI is InChI=1S/C8H13N5S/c1-13(2)8-10-6-4-14-3-5(6)7(11-8)12-9/h3-4,9H2,1-2H3,(H,10,11,12). The summed E-state index contributed by atoms with van der Waals surface area (Å²) in [5.41, 5.74) is 4.87. The minimum absolute atomic E-state index is 0.708. The van der Waals surface area contributed by atoms with Crippen LogP contribution in [0.1, 0.15) is 11.3 Å². The smallest absolute Gasteiger partial charge is 0.227 e. The second-order valence-electron chi connectivity index (χ2n) is 3.33. The minimum Gasteiger partial charge on any atom is -0.347 e. The molecule has 2 rings (SSSR count). The number of aromatic nitrogens is 2. The van der Waals surface area contributed by atoms with Gasteiger partial charge in [0.25, 0.3) is 0 Å². The largest absolute Gasteiger partial charge is 0.347 e. The van der Waals surface area contributed by atoms with E-state index >= 15 is 0 Å². The lowest BCUT2D eigenvalue weighted by atomic mass is 10.2. The summed E-state index contributed by atoms with van der Waals surface area (Å²) < 4.78 is 0. The number of hydrogen-bond acceptors (Lipinski definition) is 6. The lowest BCUT2D eigenvalue weighted by molar-refractivity contribution is 0.961.